The van der Waals surface area contributed by atoms with Gasteiger partial charge in [-0.25, -0.2) is 0 Å². The summed E-state index contributed by atoms with van der Waals surface area (Å²) < 4.78 is 6.69. The molecule has 1 aromatic heterocycles. The first kappa shape index (κ1) is 23.5. The Kier molecular flexibility index (Phi) is 9.98. The molecular weight excluding hydrogens is 515 g/mol. The number of rotatable bonds is 5. The highest BCUT2D eigenvalue weighted by atomic mass is 127. The second-order valence-corrected chi connectivity index (χ2v) is 9.94. The monoisotopic (exact) mass is 544 g/mol. The van der Waals surface area contributed by atoms with Crippen LogP contribution in [0.3, 0.4) is 0 Å². The van der Waals surface area contributed by atoms with Crippen LogP contribution < -0.4 is 5.32 Å². The molecule has 0 spiro atoms. The highest BCUT2D eigenvalue weighted by Crippen LogP contribution is 2.33. The van der Waals surface area contributed by atoms with Crippen molar-refractivity contribution in [2.45, 2.75) is 24.1 Å². The third-order valence-corrected chi connectivity index (χ3v) is 7.93. The number of hydrogen-bond donors (Lipinski definition) is 1. The van der Waals surface area contributed by atoms with E-state index in [1.54, 1.807) is 11.3 Å². The lowest BCUT2D eigenvalue weighted by Crippen LogP contribution is -2.54. The first-order valence-corrected chi connectivity index (χ1v) is 11.6. The lowest BCUT2D eigenvalue weighted by molar-refractivity contribution is 0.0779. The van der Waals surface area contributed by atoms with Crippen LogP contribution in [0.1, 0.15) is 17.7 Å². The Labute approximate surface area is 193 Å². The number of hydrogen-bond acceptors (Lipinski definition) is 5. The van der Waals surface area contributed by atoms with Gasteiger partial charge < -0.3 is 15.0 Å². The largest absolute Gasteiger partial charge is 0.381 e. The maximum atomic E-state index is 6.04. The molecule has 0 aromatic carbocycles. The van der Waals surface area contributed by atoms with Crippen LogP contribution in [-0.2, 0) is 11.3 Å². The molecule has 1 N–H and O–H groups in total. The van der Waals surface area contributed by atoms with Gasteiger partial charge in [-0.2, -0.15) is 11.8 Å². The minimum Gasteiger partial charge on any atom is -0.381 e. The van der Waals surface area contributed by atoms with E-state index in [0.717, 1.165) is 75.6 Å². The molecule has 3 heterocycles. The van der Waals surface area contributed by atoms with Gasteiger partial charge in [0.25, 0.3) is 0 Å². The molecule has 27 heavy (non-hydrogen) atoms. The van der Waals surface area contributed by atoms with Gasteiger partial charge in [-0.15, -0.1) is 35.3 Å². The zero-order valence-electron chi connectivity index (χ0n) is 16.1. The summed E-state index contributed by atoms with van der Waals surface area (Å²) in [6.45, 7) is 7.81. The summed E-state index contributed by atoms with van der Waals surface area (Å²) in [7, 11) is 1.89. The zero-order valence-corrected chi connectivity index (χ0v) is 20.8. The normalized spacial score (nSPS) is 21.0. The smallest absolute Gasteiger partial charge is 0.193 e. The standard InChI is InChI=1S/C18H29ClN4OS2.HI/c1-20-17(21-14-18(25-2)5-11-24-12-6-18)23-9-7-22(8-10-23)13-15-3-4-16(19)26-15;/h3-4H,5-14H2,1-2H3,(H,20,21);1H. The van der Waals surface area contributed by atoms with E-state index in [0.29, 0.717) is 0 Å². The molecule has 0 atom stereocenters. The van der Waals surface area contributed by atoms with E-state index in [9.17, 15) is 0 Å². The molecule has 2 aliphatic rings. The molecule has 0 bridgehead atoms. The average Bonchev–Trinajstić information content (AvgIpc) is 3.09. The van der Waals surface area contributed by atoms with E-state index >= 15 is 0 Å². The number of halogens is 2. The van der Waals surface area contributed by atoms with Crippen molar-refractivity contribution in [3.05, 3.63) is 21.3 Å². The maximum absolute atomic E-state index is 6.04. The van der Waals surface area contributed by atoms with Gasteiger partial charge in [0.15, 0.2) is 5.96 Å². The molecule has 2 fully saturated rings. The number of ether oxygens (including phenoxy) is 1. The lowest BCUT2D eigenvalue weighted by Gasteiger charge is -2.39. The third-order valence-electron chi connectivity index (χ3n) is 5.30. The van der Waals surface area contributed by atoms with E-state index in [1.165, 1.54) is 4.88 Å². The van der Waals surface area contributed by atoms with Crippen molar-refractivity contribution < 1.29 is 4.74 Å². The Balaban J connectivity index is 0.00000261. The molecule has 5 nitrogen and oxygen atoms in total. The number of aliphatic imine (C=N–C) groups is 1. The summed E-state index contributed by atoms with van der Waals surface area (Å²) >= 11 is 9.68. The van der Waals surface area contributed by atoms with Crippen LogP contribution in [0.15, 0.2) is 17.1 Å². The molecule has 0 radical (unpaired) electrons. The van der Waals surface area contributed by atoms with E-state index in [-0.39, 0.29) is 28.7 Å². The first-order valence-electron chi connectivity index (χ1n) is 9.19. The summed E-state index contributed by atoms with van der Waals surface area (Å²) in [5.74, 6) is 1.03. The molecule has 0 amide bonds. The van der Waals surface area contributed by atoms with Crippen LogP contribution in [0.25, 0.3) is 0 Å². The summed E-state index contributed by atoms with van der Waals surface area (Å²) in [4.78, 5) is 10.7. The van der Waals surface area contributed by atoms with Crippen molar-refractivity contribution in [3.63, 3.8) is 0 Å². The van der Waals surface area contributed by atoms with Crippen LogP contribution in [0, 0.1) is 0 Å². The van der Waals surface area contributed by atoms with Crippen molar-refractivity contribution in [2.24, 2.45) is 4.99 Å². The van der Waals surface area contributed by atoms with Crippen LogP contribution in [0.2, 0.25) is 4.34 Å². The number of piperazine rings is 1. The quantitative estimate of drug-likeness (QED) is 0.348. The van der Waals surface area contributed by atoms with Crippen LogP contribution in [0.4, 0.5) is 0 Å². The SMILES string of the molecule is CN=C(NCC1(SC)CCOCC1)N1CCN(Cc2ccc(Cl)s2)CC1.I. The average molecular weight is 545 g/mol. The zero-order chi connectivity index (χ0) is 18.4. The Morgan fingerprint density at radius 2 is 2.00 bits per heavy atom. The number of nitrogens with zero attached hydrogens (tertiary/aromatic N) is 3. The molecule has 3 rings (SSSR count). The van der Waals surface area contributed by atoms with E-state index in [4.69, 9.17) is 16.3 Å². The minimum atomic E-state index is 0. The molecule has 2 saturated heterocycles. The van der Waals surface area contributed by atoms with Gasteiger partial charge in [-0.05, 0) is 31.2 Å². The summed E-state index contributed by atoms with van der Waals surface area (Å²) in [5, 5.41) is 3.63. The molecular formula is C18H30ClIN4OS2. The van der Waals surface area contributed by atoms with Crippen LogP contribution >= 0.6 is 58.7 Å². The highest BCUT2D eigenvalue weighted by Gasteiger charge is 2.32. The van der Waals surface area contributed by atoms with Crippen molar-refractivity contribution in [1.82, 2.24) is 15.1 Å². The Morgan fingerprint density at radius 1 is 1.30 bits per heavy atom. The topological polar surface area (TPSA) is 40.1 Å². The number of thioether (sulfide) groups is 1. The van der Waals surface area contributed by atoms with Gasteiger partial charge in [-0.3, -0.25) is 9.89 Å². The summed E-state index contributed by atoms with van der Waals surface area (Å²) in [6, 6.07) is 4.12. The molecule has 0 aliphatic carbocycles. The molecule has 9 heteroatoms. The molecule has 0 saturated carbocycles. The Morgan fingerprint density at radius 3 is 2.56 bits per heavy atom. The van der Waals surface area contributed by atoms with Crippen molar-refractivity contribution in [3.8, 4) is 0 Å². The van der Waals surface area contributed by atoms with E-state index < -0.39 is 0 Å². The van der Waals surface area contributed by atoms with Crippen molar-refractivity contribution in [1.29, 1.82) is 0 Å². The van der Waals surface area contributed by atoms with Gasteiger partial charge in [-0.1, -0.05) is 11.6 Å². The lowest BCUT2D eigenvalue weighted by atomic mass is 9.99. The van der Waals surface area contributed by atoms with Crippen molar-refractivity contribution >= 4 is 64.6 Å². The van der Waals surface area contributed by atoms with Crippen LogP contribution in [0.5, 0.6) is 0 Å². The fourth-order valence-electron chi connectivity index (χ4n) is 3.54. The number of nitrogens with one attached hydrogen (secondary N) is 1. The van der Waals surface area contributed by atoms with Gasteiger partial charge in [0.05, 0.1) is 4.34 Å². The number of guanidine groups is 1. The Hall–Kier alpha value is 0.260. The number of thiophene rings is 1. The second kappa shape index (κ2) is 11.4. The third kappa shape index (κ3) is 6.64. The van der Waals surface area contributed by atoms with E-state index in [1.807, 2.05) is 24.9 Å². The highest BCUT2D eigenvalue weighted by molar-refractivity contribution is 14.0. The van der Waals surface area contributed by atoms with Gasteiger partial charge >= 0.3 is 0 Å². The van der Waals surface area contributed by atoms with Crippen LogP contribution in [-0.4, -0.2) is 79.7 Å². The minimum absolute atomic E-state index is 0. The predicted molar refractivity (Wildman–Crippen MR) is 129 cm³/mol. The molecule has 0 unspecified atom stereocenters. The maximum Gasteiger partial charge on any atom is 0.193 e. The summed E-state index contributed by atoms with van der Waals surface area (Å²) in [6.07, 6.45) is 4.43. The fourth-order valence-corrected chi connectivity index (χ4v) is 5.47. The molecule has 1 aromatic rings. The van der Waals surface area contributed by atoms with Crippen molar-refractivity contribution in [2.75, 3.05) is 59.2 Å². The Bertz CT molecular complexity index is 602. The first-order chi connectivity index (χ1) is 12.6. The van der Waals surface area contributed by atoms with E-state index in [2.05, 4.69) is 32.4 Å². The van der Waals surface area contributed by atoms with Gasteiger partial charge in [0.1, 0.15) is 0 Å². The van der Waals surface area contributed by atoms with Gasteiger partial charge in [0, 0.05) is 69.2 Å². The second-order valence-electron chi connectivity index (χ2n) is 6.87. The summed E-state index contributed by atoms with van der Waals surface area (Å²) in [5.41, 5.74) is 0. The molecule has 2 aliphatic heterocycles. The molecule has 154 valence electrons. The van der Waals surface area contributed by atoms with Gasteiger partial charge in [0.2, 0.25) is 0 Å². The fraction of sp³-hybridized carbons (Fsp3) is 0.722. The predicted octanol–water partition coefficient (Wildman–Crippen LogP) is 3.62.